The van der Waals surface area contributed by atoms with E-state index >= 15 is 0 Å². The van der Waals surface area contributed by atoms with Crippen LogP contribution in [0.3, 0.4) is 0 Å². The van der Waals surface area contributed by atoms with Gasteiger partial charge in [0.05, 0.1) is 0 Å². The first kappa shape index (κ1) is 13.9. The number of fused-ring (bicyclic) bond motifs is 1. The monoisotopic (exact) mass is 288 g/mol. The number of anilines is 1. The Hall–Kier alpha value is -2.04. The van der Waals surface area contributed by atoms with Crippen molar-refractivity contribution in [3.63, 3.8) is 0 Å². The molecule has 1 amide bonds. The van der Waals surface area contributed by atoms with E-state index in [4.69, 9.17) is 5.73 Å². The van der Waals surface area contributed by atoms with Crippen molar-refractivity contribution in [1.29, 1.82) is 0 Å². The highest BCUT2D eigenvalue weighted by Gasteiger charge is 2.49. The number of nitrogens with two attached hydrogens (primary N) is 1. The van der Waals surface area contributed by atoms with E-state index in [-0.39, 0.29) is 11.8 Å². The van der Waals surface area contributed by atoms with Crippen LogP contribution in [0.15, 0.2) is 18.2 Å². The molecular weight excluding hydrogens is 268 g/mol. The maximum atomic E-state index is 12.8. The van der Waals surface area contributed by atoms with Crippen LogP contribution in [0.2, 0.25) is 0 Å². The molecule has 1 aliphatic heterocycles. The van der Waals surface area contributed by atoms with Gasteiger partial charge in [0.1, 0.15) is 6.04 Å². The van der Waals surface area contributed by atoms with Crippen molar-refractivity contribution in [3.8, 4) is 0 Å². The largest absolute Gasteiger partial charge is 0.480 e. The first-order chi connectivity index (χ1) is 10.0. The van der Waals surface area contributed by atoms with Crippen LogP contribution < -0.4 is 5.73 Å². The van der Waals surface area contributed by atoms with Gasteiger partial charge in [-0.2, -0.15) is 0 Å². The standard InChI is InChI=1S/C16H20N2O3/c1-9-11(5-3-7-13(9)17)15(19)18-8-10-4-2-6-12(10)14(18)16(20)21/h3,5,7,10,12,14H,2,4,6,8,17H2,1H3,(H,20,21). The second kappa shape index (κ2) is 5.06. The van der Waals surface area contributed by atoms with Crippen molar-refractivity contribution < 1.29 is 14.7 Å². The van der Waals surface area contributed by atoms with Gasteiger partial charge in [0.2, 0.25) is 0 Å². The number of carboxylic acids is 1. The van der Waals surface area contributed by atoms with Gasteiger partial charge in [-0.3, -0.25) is 4.79 Å². The highest BCUT2D eigenvalue weighted by Crippen LogP contribution is 2.42. The second-order valence-corrected chi connectivity index (χ2v) is 6.12. The number of nitrogen functional groups attached to an aromatic ring is 1. The normalized spacial score (nSPS) is 27.7. The lowest BCUT2D eigenvalue weighted by molar-refractivity contribution is -0.142. The summed E-state index contributed by atoms with van der Waals surface area (Å²) < 4.78 is 0. The number of amides is 1. The van der Waals surface area contributed by atoms with Gasteiger partial charge in [0.25, 0.3) is 5.91 Å². The number of carbonyl (C=O) groups is 2. The molecule has 5 nitrogen and oxygen atoms in total. The summed E-state index contributed by atoms with van der Waals surface area (Å²) in [5.74, 6) is -0.662. The molecule has 1 saturated carbocycles. The average Bonchev–Trinajstić information content (AvgIpc) is 3.00. The third-order valence-electron chi connectivity index (χ3n) is 5.01. The van der Waals surface area contributed by atoms with Gasteiger partial charge >= 0.3 is 5.97 Å². The summed E-state index contributed by atoms with van der Waals surface area (Å²) in [5, 5.41) is 9.53. The van der Waals surface area contributed by atoms with E-state index in [9.17, 15) is 14.7 Å². The van der Waals surface area contributed by atoms with E-state index in [1.807, 2.05) is 0 Å². The molecule has 3 atom stereocenters. The zero-order valence-electron chi connectivity index (χ0n) is 12.1. The molecule has 0 spiro atoms. The molecule has 112 valence electrons. The Balaban J connectivity index is 1.93. The first-order valence-corrected chi connectivity index (χ1v) is 7.39. The van der Waals surface area contributed by atoms with Crippen molar-refractivity contribution in [3.05, 3.63) is 29.3 Å². The Bertz CT molecular complexity index is 599. The zero-order valence-corrected chi connectivity index (χ0v) is 12.1. The summed E-state index contributed by atoms with van der Waals surface area (Å²) in [6.07, 6.45) is 2.99. The minimum absolute atomic E-state index is 0.104. The predicted molar refractivity (Wildman–Crippen MR) is 78.9 cm³/mol. The van der Waals surface area contributed by atoms with E-state index in [0.717, 1.165) is 24.8 Å². The summed E-state index contributed by atoms with van der Waals surface area (Å²) in [7, 11) is 0. The van der Waals surface area contributed by atoms with Crippen molar-refractivity contribution >= 4 is 17.6 Å². The quantitative estimate of drug-likeness (QED) is 0.814. The highest BCUT2D eigenvalue weighted by atomic mass is 16.4. The van der Waals surface area contributed by atoms with Gasteiger partial charge in [0, 0.05) is 17.8 Å². The Morgan fingerprint density at radius 1 is 1.33 bits per heavy atom. The molecule has 1 aromatic carbocycles. The Kier molecular flexibility index (Phi) is 3.35. The minimum Gasteiger partial charge on any atom is -0.480 e. The number of rotatable bonds is 2. The van der Waals surface area contributed by atoms with Crippen molar-refractivity contribution in [2.75, 3.05) is 12.3 Å². The number of likely N-dealkylation sites (tertiary alicyclic amines) is 1. The van der Waals surface area contributed by atoms with Crippen molar-refractivity contribution in [2.24, 2.45) is 11.8 Å². The van der Waals surface area contributed by atoms with Crippen LogP contribution in [0.5, 0.6) is 0 Å². The number of carboxylic acid groups (broad SMARTS) is 1. The molecule has 3 rings (SSSR count). The molecule has 1 saturated heterocycles. The first-order valence-electron chi connectivity index (χ1n) is 7.39. The summed E-state index contributed by atoms with van der Waals surface area (Å²) in [4.78, 5) is 25.9. The van der Waals surface area contributed by atoms with Crippen LogP contribution in [-0.4, -0.2) is 34.5 Å². The third kappa shape index (κ3) is 2.17. The number of hydrogen-bond donors (Lipinski definition) is 2. The predicted octanol–water partition coefficient (Wildman–Crippen LogP) is 1.90. The molecule has 1 heterocycles. The summed E-state index contributed by atoms with van der Waals surface area (Å²) in [6.45, 7) is 2.35. The lowest BCUT2D eigenvalue weighted by Crippen LogP contribution is -2.43. The average molecular weight is 288 g/mol. The van der Waals surface area contributed by atoms with Gasteiger partial charge in [-0.15, -0.1) is 0 Å². The zero-order chi connectivity index (χ0) is 15.1. The molecule has 0 aromatic heterocycles. The Morgan fingerprint density at radius 3 is 2.81 bits per heavy atom. The molecule has 1 aliphatic carbocycles. The lowest BCUT2D eigenvalue weighted by Gasteiger charge is -2.25. The Labute approximate surface area is 123 Å². The van der Waals surface area contributed by atoms with Gasteiger partial charge in [-0.1, -0.05) is 12.5 Å². The van der Waals surface area contributed by atoms with Gasteiger partial charge < -0.3 is 15.7 Å². The number of benzene rings is 1. The van der Waals surface area contributed by atoms with Gasteiger partial charge in [-0.25, -0.2) is 4.79 Å². The fourth-order valence-electron chi connectivity index (χ4n) is 3.87. The van der Waals surface area contributed by atoms with Crippen LogP contribution in [0.4, 0.5) is 5.69 Å². The highest BCUT2D eigenvalue weighted by molar-refractivity contribution is 5.99. The second-order valence-electron chi connectivity index (χ2n) is 6.12. The third-order valence-corrected chi connectivity index (χ3v) is 5.01. The number of aliphatic carboxylic acids is 1. The topological polar surface area (TPSA) is 83.6 Å². The molecule has 21 heavy (non-hydrogen) atoms. The summed E-state index contributed by atoms with van der Waals surface area (Å²) in [5.41, 5.74) is 7.66. The molecule has 3 N–H and O–H groups in total. The van der Waals surface area contributed by atoms with E-state index in [1.165, 1.54) is 0 Å². The fourth-order valence-corrected chi connectivity index (χ4v) is 3.87. The van der Waals surface area contributed by atoms with E-state index < -0.39 is 12.0 Å². The molecular formula is C16H20N2O3. The van der Waals surface area contributed by atoms with Crippen LogP contribution in [0.1, 0.15) is 35.2 Å². The molecule has 2 fully saturated rings. The maximum absolute atomic E-state index is 12.8. The molecule has 1 aromatic rings. The number of hydrogen-bond acceptors (Lipinski definition) is 3. The SMILES string of the molecule is Cc1c(N)cccc1C(=O)N1CC2CCCC2C1C(=O)O. The number of nitrogens with zero attached hydrogens (tertiary/aromatic N) is 1. The van der Waals surface area contributed by atoms with E-state index in [2.05, 4.69) is 0 Å². The maximum Gasteiger partial charge on any atom is 0.326 e. The molecule has 5 heteroatoms. The summed E-state index contributed by atoms with van der Waals surface area (Å²) in [6, 6.07) is 4.52. The lowest BCUT2D eigenvalue weighted by atomic mass is 9.94. The van der Waals surface area contributed by atoms with Crippen LogP contribution in [0, 0.1) is 18.8 Å². The smallest absolute Gasteiger partial charge is 0.326 e. The van der Waals surface area contributed by atoms with Crippen LogP contribution >= 0.6 is 0 Å². The molecule has 2 aliphatic rings. The van der Waals surface area contributed by atoms with Crippen LogP contribution in [-0.2, 0) is 4.79 Å². The summed E-state index contributed by atoms with van der Waals surface area (Å²) >= 11 is 0. The molecule has 0 radical (unpaired) electrons. The van der Waals surface area contributed by atoms with Crippen LogP contribution in [0.25, 0.3) is 0 Å². The van der Waals surface area contributed by atoms with Gasteiger partial charge in [-0.05, 0) is 49.3 Å². The molecule has 3 unspecified atom stereocenters. The van der Waals surface area contributed by atoms with E-state index in [1.54, 1.807) is 30.0 Å². The fraction of sp³-hybridized carbons (Fsp3) is 0.500. The molecule has 0 bridgehead atoms. The minimum atomic E-state index is -0.890. The number of carbonyl (C=O) groups excluding carboxylic acids is 1. The van der Waals surface area contributed by atoms with Crippen molar-refractivity contribution in [1.82, 2.24) is 4.90 Å². The van der Waals surface area contributed by atoms with Crippen molar-refractivity contribution in [2.45, 2.75) is 32.2 Å². The van der Waals surface area contributed by atoms with E-state index in [0.29, 0.717) is 23.7 Å². The Morgan fingerprint density at radius 2 is 2.10 bits per heavy atom. The van der Waals surface area contributed by atoms with Gasteiger partial charge in [0.15, 0.2) is 0 Å².